The van der Waals surface area contributed by atoms with Gasteiger partial charge in [-0.05, 0) is 37.5 Å². The molecular formula is C16H29N3O2. The van der Waals surface area contributed by atoms with Gasteiger partial charge in [0, 0.05) is 32.6 Å². The Balaban J connectivity index is 1.92. The standard InChI is InChI=1S/C16H29N3O2/c1-10(15(20)18-2)9-19(3)16(21)13-7-11-5-4-6-12(8-13)14(11)17/h10-14H,4-9,17H2,1-3H3,(H,18,20). The summed E-state index contributed by atoms with van der Waals surface area (Å²) < 4.78 is 0. The van der Waals surface area contributed by atoms with Crippen molar-refractivity contribution in [1.82, 2.24) is 10.2 Å². The van der Waals surface area contributed by atoms with Crippen LogP contribution in [-0.2, 0) is 9.59 Å². The van der Waals surface area contributed by atoms with Gasteiger partial charge < -0.3 is 16.0 Å². The number of nitrogens with two attached hydrogens (primary N) is 1. The van der Waals surface area contributed by atoms with Crippen LogP contribution in [0, 0.1) is 23.7 Å². The number of hydrogen-bond donors (Lipinski definition) is 2. The molecule has 2 bridgehead atoms. The number of rotatable bonds is 4. The van der Waals surface area contributed by atoms with Crippen LogP contribution in [0.15, 0.2) is 0 Å². The first kappa shape index (κ1) is 16.3. The third kappa shape index (κ3) is 3.57. The summed E-state index contributed by atoms with van der Waals surface area (Å²) in [7, 11) is 3.44. The van der Waals surface area contributed by atoms with Crippen molar-refractivity contribution >= 4 is 11.8 Å². The van der Waals surface area contributed by atoms with E-state index in [-0.39, 0.29) is 29.7 Å². The Bertz CT molecular complexity index is 385. The molecule has 120 valence electrons. The van der Waals surface area contributed by atoms with Crippen LogP contribution in [0.2, 0.25) is 0 Å². The summed E-state index contributed by atoms with van der Waals surface area (Å²) in [5.74, 6) is 1.12. The van der Waals surface area contributed by atoms with E-state index >= 15 is 0 Å². The molecule has 3 N–H and O–H groups in total. The van der Waals surface area contributed by atoms with E-state index in [0.717, 1.165) is 12.8 Å². The fraction of sp³-hybridized carbons (Fsp3) is 0.875. The number of hydrogen-bond acceptors (Lipinski definition) is 3. The highest BCUT2D eigenvalue weighted by atomic mass is 16.2. The Morgan fingerprint density at radius 2 is 1.86 bits per heavy atom. The lowest BCUT2D eigenvalue weighted by Crippen LogP contribution is -2.50. The van der Waals surface area contributed by atoms with Crippen molar-refractivity contribution in [2.24, 2.45) is 29.4 Å². The smallest absolute Gasteiger partial charge is 0.225 e. The van der Waals surface area contributed by atoms with Crippen LogP contribution in [0.1, 0.15) is 39.0 Å². The topological polar surface area (TPSA) is 75.4 Å². The SMILES string of the molecule is CNC(=O)C(C)CN(C)C(=O)C1CC2CCCC(C1)C2N. The minimum absolute atomic E-state index is 0.0165. The van der Waals surface area contributed by atoms with Crippen molar-refractivity contribution in [3.8, 4) is 0 Å². The van der Waals surface area contributed by atoms with Crippen LogP contribution >= 0.6 is 0 Å². The Kier molecular flexibility index (Phi) is 5.25. The van der Waals surface area contributed by atoms with Crippen LogP contribution < -0.4 is 11.1 Å². The average molecular weight is 295 g/mol. The molecular weight excluding hydrogens is 266 g/mol. The Morgan fingerprint density at radius 1 is 1.29 bits per heavy atom. The minimum atomic E-state index is -0.172. The summed E-state index contributed by atoms with van der Waals surface area (Å²) in [5, 5.41) is 2.63. The van der Waals surface area contributed by atoms with Crippen LogP contribution in [0.3, 0.4) is 0 Å². The third-order valence-corrected chi connectivity index (χ3v) is 5.38. The van der Waals surface area contributed by atoms with Gasteiger partial charge in [0.25, 0.3) is 0 Å². The molecule has 2 saturated carbocycles. The fourth-order valence-electron chi connectivity index (χ4n) is 4.13. The highest BCUT2D eigenvalue weighted by Crippen LogP contribution is 2.42. The molecule has 0 heterocycles. The van der Waals surface area contributed by atoms with E-state index in [9.17, 15) is 9.59 Å². The first-order chi connectivity index (χ1) is 9.93. The molecule has 0 radical (unpaired) electrons. The summed E-state index contributed by atoms with van der Waals surface area (Å²) >= 11 is 0. The van der Waals surface area contributed by atoms with Crippen molar-refractivity contribution < 1.29 is 9.59 Å². The van der Waals surface area contributed by atoms with E-state index in [0.29, 0.717) is 18.4 Å². The van der Waals surface area contributed by atoms with E-state index in [2.05, 4.69) is 5.32 Å². The minimum Gasteiger partial charge on any atom is -0.359 e. The maximum absolute atomic E-state index is 12.6. The van der Waals surface area contributed by atoms with E-state index in [1.54, 1.807) is 11.9 Å². The van der Waals surface area contributed by atoms with Gasteiger partial charge in [-0.2, -0.15) is 0 Å². The van der Waals surface area contributed by atoms with Gasteiger partial charge in [0.15, 0.2) is 0 Å². The second-order valence-electron chi connectivity index (χ2n) is 6.93. The van der Waals surface area contributed by atoms with Crippen LogP contribution in [0.4, 0.5) is 0 Å². The van der Waals surface area contributed by atoms with Gasteiger partial charge in [0.05, 0.1) is 5.92 Å². The molecule has 0 aromatic carbocycles. The number of fused-ring (bicyclic) bond motifs is 2. The summed E-state index contributed by atoms with van der Waals surface area (Å²) in [6.07, 6.45) is 5.44. The average Bonchev–Trinajstić information content (AvgIpc) is 2.45. The van der Waals surface area contributed by atoms with Crippen molar-refractivity contribution in [2.75, 3.05) is 20.6 Å². The fourth-order valence-corrected chi connectivity index (χ4v) is 4.13. The predicted molar refractivity (Wildman–Crippen MR) is 82.4 cm³/mol. The van der Waals surface area contributed by atoms with Crippen molar-refractivity contribution in [3.05, 3.63) is 0 Å². The molecule has 2 amide bonds. The highest BCUT2D eigenvalue weighted by molar-refractivity contribution is 5.81. The van der Waals surface area contributed by atoms with Gasteiger partial charge in [0.1, 0.15) is 0 Å². The molecule has 0 spiro atoms. The van der Waals surface area contributed by atoms with E-state index < -0.39 is 0 Å². The molecule has 2 fully saturated rings. The van der Waals surface area contributed by atoms with Crippen LogP contribution in [-0.4, -0.2) is 43.4 Å². The normalized spacial score (nSPS) is 33.1. The zero-order valence-corrected chi connectivity index (χ0v) is 13.5. The lowest BCUT2D eigenvalue weighted by atomic mass is 9.65. The number of amides is 2. The van der Waals surface area contributed by atoms with Gasteiger partial charge in [-0.3, -0.25) is 9.59 Å². The first-order valence-electron chi connectivity index (χ1n) is 8.16. The van der Waals surface area contributed by atoms with Gasteiger partial charge in [-0.15, -0.1) is 0 Å². The summed E-state index contributed by atoms with van der Waals surface area (Å²) in [6, 6.07) is 0.290. The van der Waals surface area contributed by atoms with Gasteiger partial charge in [0.2, 0.25) is 11.8 Å². The number of nitrogens with zero attached hydrogens (tertiary/aromatic N) is 1. The lowest BCUT2D eigenvalue weighted by molar-refractivity contribution is -0.138. The Morgan fingerprint density at radius 3 is 2.38 bits per heavy atom. The second-order valence-corrected chi connectivity index (χ2v) is 6.93. The zero-order valence-electron chi connectivity index (χ0n) is 13.5. The molecule has 2 aliphatic carbocycles. The van der Waals surface area contributed by atoms with Crippen molar-refractivity contribution in [3.63, 3.8) is 0 Å². The molecule has 0 aromatic heterocycles. The number of nitrogens with one attached hydrogen (secondary N) is 1. The zero-order chi connectivity index (χ0) is 15.6. The molecule has 0 aliphatic heterocycles. The molecule has 3 unspecified atom stereocenters. The second kappa shape index (κ2) is 6.77. The molecule has 2 rings (SSSR count). The summed E-state index contributed by atoms with van der Waals surface area (Å²) in [5.41, 5.74) is 6.28. The van der Waals surface area contributed by atoms with Crippen molar-refractivity contribution in [2.45, 2.75) is 45.1 Å². The first-order valence-corrected chi connectivity index (χ1v) is 8.16. The lowest BCUT2D eigenvalue weighted by Gasteiger charge is -2.44. The quantitative estimate of drug-likeness (QED) is 0.812. The maximum Gasteiger partial charge on any atom is 0.225 e. The van der Waals surface area contributed by atoms with E-state index in [1.807, 2.05) is 14.0 Å². The van der Waals surface area contributed by atoms with E-state index in [4.69, 9.17) is 5.73 Å². The Hall–Kier alpha value is -1.10. The number of carbonyl (C=O) groups is 2. The van der Waals surface area contributed by atoms with Gasteiger partial charge in [-0.1, -0.05) is 13.3 Å². The summed E-state index contributed by atoms with van der Waals surface area (Å²) in [6.45, 7) is 2.34. The van der Waals surface area contributed by atoms with Crippen LogP contribution in [0.25, 0.3) is 0 Å². The highest BCUT2D eigenvalue weighted by Gasteiger charge is 2.41. The van der Waals surface area contributed by atoms with Gasteiger partial charge in [-0.25, -0.2) is 0 Å². The van der Waals surface area contributed by atoms with E-state index in [1.165, 1.54) is 19.3 Å². The molecule has 0 saturated heterocycles. The van der Waals surface area contributed by atoms with Crippen LogP contribution in [0.5, 0.6) is 0 Å². The maximum atomic E-state index is 12.6. The monoisotopic (exact) mass is 295 g/mol. The third-order valence-electron chi connectivity index (χ3n) is 5.38. The molecule has 21 heavy (non-hydrogen) atoms. The molecule has 3 atom stereocenters. The number of carbonyl (C=O) groups excluding carboxylic acids is 2. The molecule has 2 aliphatic rings. The molecule has 5 heteroatoms. The predicted octanol–water partition coefficient (Wildman–Crippen LogP) is 0.980. The summed E-state index contributed by atoms with van der Waals surface area (Å²) in [4.78, 5) is 26.0. The molecule has 0 aromatic rings. The molecule has 5 nitrogen and oxygen atoms in total. The largest absolute Gasteiger partial charge is 0.359 e. The van der Waals surface area contributed by atoms with Crippen molar-refractivity contribution in [1.29, 1.82) is 0 Å². The van der Waals surface area contributed by atoms with Gasteiger partial charge >= 0.3 is 0 Å². The Labute approximate surface area is 127 Å².